The van der Waals surface area contributed by atoms with Crippen LogP contribution in [0.25, 0.3) is 237 Å². The molecule has 8 heterocycles. The minimum Gasteiger partial charge on any atom is -0.247 e. The summed E-state index contributed by atoms with van der Waals surface area (Å²) >= 11 is 7.39. The Kier molecular flexibility index (Phi) is 17.6. The number of thiophene rings is 4. The number of fused-ring (bicyclic) bond motifs is 16. The summed E-state index contributed by atoms with van der Waals surface area (Å²) in [6, 6.07) is 143. The van der Waals surface area contributed by atoms with E-state index in [-0.39, 0.29) is 0 Å². The molecule has 10 heteroatoms. The smallest absolute Gasteiger partial charge is 0.160 e. The number of benzene rings is 16. The second kappa shape index (κ2) is 29.8. The van der Waals surface area contributed by atoms with E-state index in [9.17, 15) is 0 Å². The molecule has 0 bridgehead atoms. The average molecular weight is 1600 g/mol. The molecule has 0 unspecified atom stereocenters. The van der Waals surface area contributed by atoms with Crippen LogP contribution in [0, 0.1) is 0 Å². The van der Waals surface area contributed by atoms with Crippen molar-refractivity contribution in [3.63, 3.8) is 0 Å². The van der Waals surface area contributed by atoms with Gasteiger partial charge in [-0.25, -0.2) is 29.9 Å². The monoisotopic (exact) mass is 1600 g/mol. The lowest BCUT2D eigenvalue weighted by Crippen LogP contribution is -1.97. The first kappa shape index (κ1) is 70.8. The molecule has 0 amide bonds. The van der Waals surface area contributed by atoms with Crippen LogP contribution >= 0.6 is 45.3 Å². The van der Waals surface area contributed by atoms with Crippen LogP contribution in [-0.2, 0) is 0 Å². The van der Waals surface area contributed by atoms with Crippen LogP contribution in [0.4, 0.5) is 0 Å². The van der Waals surface area contributed by atoms with Gasteiger partial charge in [0, 0.05) is 136 Å². The third-order valence-electron chi connectivity index (χ3n) is 22.9. The zero-order valence-electron chi connectivity index (χ0n) is 64.4. The Labute approximate surface area is 707 Å². The molecule has 0 saturated heterocycles. The quantitative estimate of drug-likeness (QED) is 0.121. The average Bonchev–Trinajstić information content (AvgIpc) is 1.56. The van der Waals surface area contributed by atoms with Crippen LogP contribution in [0.2, 0.25) is 0 Å². The lowest BCUT2D eigenvalue weighted by Gasteiger charge is -2.15. The summed E-state index contributed by atoms with van der Waals surface area (Å²) in [5, 5.41) is 12.3. The molecule has 0 N–H and O–H groups in total. The van der Waals surface area contributed by atoms with E-state index in [4.69, 9.17) is 29.9 Å². The van der Waals surface area contributed by atoms with Gasteiger partial charge in [-0.1, -0.05) is 303 Å². The van der Waals surface area contributed by atoms with Gasteiger partial charge in [-0.15, -0.1) is 45.3 Å². The minimum atomic E-state index is 0.684. The fourth-order valence-corrected chi connectivity index (χ4v) is 21.9. The topological polar surface area (TPSA) is 77.3 Å². The Morgan fingerprint density at radius 2 is 0.483 bits per heavy atom. The van der Waals surface area contributed by atoms with E-state index in [0.29, 0.717) is 11.6 Å². The number of para-hydroxylation sites is 2. The summed E-state index contributed by atoms with van der Waals surface area (Å²) in [7, 11) is 0. The molecule has 0 saturated carbocycles. The highest BCUT2D eigenvalue weighted by Crippen LogP contribution is 2.49. The van der Waals surface area contributed by atoms with Crippen LogP contribution < -0.4 is 0 Å². The maximum Gasteiger partial charge on any atom is 0.160 e. The normalized spacial score (nSPS) is 11.7. The third kappa shape index (κ3) is 12.9. The van der Waals surface area contributed by atoms with Gasteiger partial charge in [0.15, 0.2) is 11.6 Å². The molecule has 120 heavy (non-hydrogen) atoms. The molecule has 0 aliphatic rings. The molecule has 0 aliphatic carbocycles. The highest BCUT2D eigenvalue weighted by Gasteiger charge is 2.24. The maximum atomic E-state index is 5.50. The van der Waals surface area contributed by atoms with Gasteiger partial charge in [0.2, 0.25) is 0 Å². The molecule has 0 radical (unpaired) electrons. The lowest BCUT2D eigenvalue weighted by molar-refractivity contribution is 1.18. The number of hydrogen-bond acceptors (Lipinski definition) is 10. The summed E-state index contributed by atoms with van der Waals surface area (Å²) in [6.07, 6.45) is 0. The number of aromatic nitrogens is 6. The van der Waals surface area contributed by atoms with Crippen LogP contribution in [0.15, 0.2) is 400 Å². The van der Waals surface area contributed by atoms with E-state index in [1.807, 2.05) is 81.7 Å². The predicted octanol–water partition coefficient (Wildman–Crippen LogP) is 31.5. The number of nitrogens with zero attached hydrogens (tertiary/aromatic N) is 6. The molecule has 8 aromatic heterocycles. The van der Waals surface area contributed by atoms with E-state index in [0.717, 1.165) is 106 Å². The molecule has 560 valence electrons. The highest BCUT2D eigenvalue weighted by atomic mass is 32.1. The van der Waals surface area contributed by atoms with Crippen molar-refractivity contribution in [2.75, 3.05) is 0 Å². The van der Waals surface area contributed by atoms with Crippen LogP contribution in [-0.4, -0.2) is 29.9 Å². The van der Waals surface area contributed by atoms with E-state index >= 15 is 0 Å². The van der Waals surface area contributed by atoms with Gasteiger partial charge in [0.05, 0.1) is 45.2 Å². The van der Waals surface area contributed by atoms with Crippen molar-refractivity contribution in [1.29, 1.82) is 0 Å². The minimum absolute atomic E-state index is 0.684. The molecular formula is C110H66N6S4. The molecule has 24 aromatic rings. The van der Waals surface area contributed by atoms with E-state index < -0.39 is 0 Å². The van der Waals surface area contributed by atoms with Crippen molar-refractivity contribution in [3.05, 3.63) is 400 Å². The second-order valence-electron chi connectivity index (χ2n) is 30.3. The first-order chi connectivity index (χ1) is 59.4. The standard InChI is InChI=1S/2C55H33N3S2/c1-3-14-34(15-4-1)35-26-28-36(29-27-35)47-33-48(58-55(57-47)37-16-5-2-6-17-37)39-30-38(41-21-13-22-43-42-18-8-11-24-49(42)59-53(41)43)31-40(32-39)52-51-45-20-9-12-25-50(45)60-54(51)44-19-7-10-23-46(44)56-52;1-3-13-34(14-4-1)35-23-25-36(26-24-35)47-33-48(58-55(57-47)37-15-5-2-6-16-37)40-29-39(38-27-28-51-45(32-38)42-17-8-11-21-49(42)59-51)30-41(31-40)53-52-44-19-9-12-22-50(44)60-54(52)43-18-7-10-20-46(43)56-53/h2*1-33H. The van der Waals surface area contributed by atoms with Crippen LogP contribution in [0.5, 0.6) is 0 Å². The Morgan fingerprint density at radius 1 is 0.158 bits per heavy atom. The lowest BCUT2D eigenvalue weighted by atomic mass is 9.93. The zero-order chi connectivity index (χ0) is 79.1. The van der Waals surface area contributed by atoms with Crippen LogP contribution in [0.1, 0.15) is 0 Å². The van der Waals surface area contributed by atoms with Crippen molar-refractivity contribution >= 4 is 148 Å². The van der Waals surface area contributed by atoms with Gasteiger partial charge in [0.1, 0.15) is 0 Å². The summed E-state index contributed by atoms with van der Waals surface area (Å²) < 4.78 is 10.1. The molecule has 0 spiro atoms. The Hall–Kier alpha value is -14.6. The third-order valence-corrected chi connectivity index (χ3v) is 27.7. The molecule has 0 atom stereocenters. The van der Waals surface area contributed by atoms with Gasteiger partial charge >= 0.3 is 0 Å². The molecule has 24 rings (SSSR count). The second-order valence-corrected chi connectivity index (χ2v) is 34.5. The number of pyridine rings is 2. The van der Waals surface area contributed by atoms with Gasteiger partial charge in [-0.3, -0.25) is 0 Å². The molecule has 0 fully saturated rings. The molecule has 16 aromatic carbocycles. The SMILES string of the molecule is c1ccc(-c2ccc(-c3cc(-c4cc(-c5ccc6sc7ccccc7c6c5)cc(-c5nc6ccccc6c6sc7ccccc7c56)c4)nc(-c4ccccc4)n3)cc2)cc1.c1ccc(-c2ccc(-c3cc(-c4cc(-c5cccc6c5sc5ccccc56)cc(-c5nc6ccccc6c6sc7ccccc7c56)c4)nc(-c4ccccc4)n3)cc2)cc1. The van der Waals surface area contributed by atoms with Gasteiger partial charge in [-0.05, 0) is 142 Å². The highest BCUT2D eigenvalue weighted by molar-refractivity contribution is 7.27. The Morgan fingerprint density at radius 3 is 0.975 bits per heavy atom. The molecular weight excluding hydrogens is 1530 g/mol. The van der Waals surface area contributed by atoms with Crippen LogP contribution in [0.3, 0.4) is 0 Å². The molecule has 6 nitrogen and oxygen atoms in total. The maximum absolute atomic E-state index is 5.50. The van der Waals surface area contributed by atoms with Crippen molar-refractivity contribution in [1.82, 2.24) is 29.9 Å². The van der Waals surface area contributed by atoms with Crippen molar-refractivity contribution in [2.45, 2.75) is 0 Å². The van der Waals surface area contributed by atoms with Gasteiger partial charge in [-0.2, -0.15) is 0 Å². The zero-order valence-corrected chi connectivity index (χ0v) is 67.7. The first-order valence-corrected chi connectivity index (χ1v) is 43.4. The fraction of sp³-hybridized carbons (Fsp3) is 0. The van der Waals surface area contributed by atoms with E-state index in [1.165, 1.54) is 119 Å². The molecule has 0 aliphatic heterocycles. The van der Waals surface area contributed by atoms with Crippen molar-refractivity contribution < 1.29 is 0 Å². The summed E-state index contributed by atoms with van der Waals surface area (Å²) in [5.41, 5.74) is 24.7. The van der Waals surface area contributed by atoms with Gasteiger partial charge < -0.3 is 0 Å². The van der Waals surface area contributed by atoms with Crippen molar-refractivity contribution in [2.24, 2.45) is 0 Å². The van der Waals surface area contributed by atoms with E-state index in [2.05, 4.69) is 364 Å². The fourth-order valence-electron chi connectivity index (χ4n) is 17.1. The van der Waals surface area contributed by atoms with Gasteiger partial charge in [0.25, 0.3) is 0 Å². The summed E-state index contributed by atoms with van der Waals surface area (Å²) in [4.78, 5) is 32.1. The van der Waals surface area contributed by atoms with E-state index in [1.54, 1.807) is 0 Å². The predicted molar refractivity (Wildman–Crippen MR) is 511 cm³/mol. The largest absolute Gasteiger partial charge is 0.247 e. The number of rotatable bonds is 12. The first-order valence-electron chi connectivity index (χ1n) is 40.2. The Bertz CT molecular complexity index is 8130. The summed E-state index contributed by atoms with van der Waals surface area (Å²) in [6.45, 7) is 0. The summed E-state index contributed by atoms with van der Waals surface area (Å²) in [5.74, 6) is 1.37. The number of hydrogen-bond donors (Lipinski definition) is 0. The Balaban J connectivity index is 0.000000140. The van der Waals surface area contributed by atoms with Crippen molar-refractivity contribution in [3.8, 4) is 135 Å².